The monoisotopic (exact) mass is 778 g/mol. The summed E-state index contributed by atoms with van der Waals surface area (Å²) in [6.07, 6.45) is 1.39. The molecule has 0 atom stereocenters. The fourth-order valence-electron chi connectivity index (χ4n) is 2.72. The molecule has 176 valence electrons. The van der Waals surface area contributed by atoms with E-state index in [4.69, 9.17) is 9.47 Å². The first-order valence-corrected chi connectivity index (χ1v) is 13.5. The molecule has 0 fully saturated rings. The summed E-state index contributed by atoms with van der Waals surface area (Å²) in [6, 6.07) is 14.2. The fourth-order valence-corrected chi connectivity index (χ4v) is 6.54. The molecule has 34 heavy (non-hydrogen) atoms. The van der Waals surface area contributed by atoms with Crippen molar-refractivity contribution in [2.45, 2.75) is 6.92 Å². The van der Waals surface area contributed by atoms with Gasteiger partial charge >= 0.3 is 5.97 Å². The molecule has 0 spiro atoms. The Labute approximate surface area is 238 Å². The number of nitrogens with zero attached hydrogens (tertiary/aromatic N) is 1. The lowest BCUT2D eigenvalue weighted by Crippen LogP contribution is -2.24. The molecule has 1 N–H and O–H groups in total. The standard InChI is InChI=1S/C23H15Br5N2O4/c1-12-3-2-4-13(5-12)23(32)34-21-14(6-15(24)7-17(21)26)10-29-30-20(31)11-33-22-18(27)8-16(25)9-19(22)28/h2-10H,11H2,1H3,(H,30,31)/b29-10-. The summed E-state index contributed by atoms with van der Waals surface area (Å²) >= 11 is 17.0. The number of benzene rings is 3. The molecular weight excluding hydrogens is 768 g/mol. The highest BCUT2D eigenvalue weighted by Gasteiger charge is 2.16. The Balaban J connectivity index is 1.69. The number of hydrogen-bond donors (Lipinski definition) is 1. The van der Waals surface area contributed by atoms with E-state index in [0.29, 0.717) is 30.3 Å². The number of amides is 1. The molecule has 0 aliphatic carbocycles. The fraction of sp³-hybridized carbons (Fsp3) is 0.0870. The predicted octanol–water partition coefficient (Wildman–Crippen LogP) is 7.56. The van der Waals surface area contributed by atoms with E-state index in [1.54, 1.807) is 42.5 Å². The van der Waals surface area contributed by atoms with Crippen LogP contribution in [0, 0.1) is 6.92 Å². The second-order valence-corrected chi connectivity index (χ2v) is 11.2. The van der Waals surface area contributed by atoms with Gasteiger partial charge in [-0.2, -0.15) is 5.10 Å². The Morgan fingerprint density at radius 2 is 1.53 bits per heavy atom. The molecule has 0 saturated heterocycles. The van der Waals surface area contributed by atoms with Crippen molar-refractivity contribution in [1.82, 2.24) is 5.43 Å². The highest BCUT2D eigenvalue weighted by Crippen LogP contribution is 2.36. The van der Waals surface area contributed by atoms with Crippen LogP contribution >= 0.6 is 79.6 Å². The Kier molecular flexibility index (Phi) is 9.90. The number of carbonyl (C=O) groups excluding carboxylic acids is 2. The molecule has 0 unspecified atom stereocenters. The van der Waals surface area contributed by atoms with Crippen LogP contribution in [0.2, 0.25) is 0 Å². The van der Waals surface area contributed by atoms with Gasteiger partial charge in [-0.3, -0.25) is 4.79 Å². The van der Waals surface area contributed by atoms with Crippen molar-refractivity contribution >= 4 is 97.7 Å². The Morgan fingerprint density at radius 1 is 0.912 bits per heavy atom. The van der Waals surface area contributed by atoms with Crippen molar-refractivity contribution < 1.29 is 19.1 Å². The highest BCUT2D eigenvalue weighted by molar-refractivity contribution is 9.12. The number of nitrogens with one attached hydrogen (secondary N) is 1. The molecule has 3 aromatic carbocycles. The Hall–Kier alpha value is -1.53. The summed E-state index contributed by atoms with van der Waals surface area (Å²) in [5.41, 5.74) is 4.25. The van der Waals surface area contributed by atoms with Gasteiger partial charge in [0, 0.05) is 14.5 Å². The first-order valence-electron chi connectivity index (χ1n) is 9.51. The van der Waals surface area contributed by atoms with Crippen LogP contribution in [0.15, 0.2) is 76.0 Å². The topological polar surface area (TPSA) is 77.0 Å². The number of aryl methyl sites for hydroxylation is 1. The molecule has 3 aromatic rings. The molecule has 0 bridgehead atoms. The van der Waals surface area contributed by atoms with E-state index in [0.717, 1.165) is 14.5 Å². The molecule has 1 amide bonds. The molecule has 11 heteroatoms. The van der Waals surface area contributed by atoms with Gasteiger partial charge in [0.25, 0.3) is 5.91 Å². The van der Waals surface area contributed by atoms with E-state index in [2.05, 4.69) is 90.2 Å². The second kappa shape index (κ2) is 12.4. The van der Waals surface area contributed by atoms with Gasteiger partial charge in [0.05, 0.1) is 25.2 Å². The van der Waals surface area contributed by atoms with Crippen LogP contribution in [0.3, 0.4) is 0 Å². The third-order valence-electron chi connectivity index (χ3n) is 4.19. The minimum absolute atomic E-state index is 0.256. The van der Waals surface area contributed by atoms with Crippen LogP contribution in [0.4, 0.5) is 0 Å². The van der Waals surface area contributed by atoms with E-state index < -0.39 is 11.9 Å². The number of carbonyl (C=O) groups is 2. The molecule has 0 aromatic heterocycles. The van der Waals surface area contributed by atoms with Gasteiger partial charge in [0.15, 0.2) is 12.4 Å². The zero-order valence-electron chi connectivity index (χ0n) is 17.4. The van der Waals surface area contributed by atoms with Gasteiger partial charge < -0.3 is 9.47 Å². The predicted molar refractivity (Wildman–Crippen MR) is 149 cm³/mol. The Morgan fingerprint density at radius 3 is 2.18 bits per heavy atom. The number of ether oxygens (including phenoxy) is 2. The molecule has 0 aliphatic heterocycles. The maximum absolute atomic E-state index is 12.6. The van der Waals surface area contributed by atoms with Crippen LogP contribution in [0.1, 0.15) is 21.5 Å². The number of rotatable bonds is 7. The lowest BCUT2D eigenvalue weighted by molar-refractivity contribution is -0.123. The summed E-state index contributed by atoms with van der Waals surface area (Å²) in [5, 5.41) is 3.98. The maximum Gasteiger partial charge on any atom is 0.343 e. The largest absolute Gasteiger partial charge is 0.481 e. The summed E-state index contributed by atoms with van der Waals surface area (Å²) in [4.78, 5) is 24.9. The minimum Gasteiger partial charge on any atom is -0.481 e. The van der Waals surface area contributed by atoms with E-state index >= 15 is 0 Å². The normalized spacial score (nSPS) is 10.9. The van der Waals surface area contributed by atoms with Gasteiger partial charge in [-0.05, 0) is 91.1 Å². The van der Waals surface area contributed by atoms with Crippen molar-refractivity contribution in [2.75, 3.05) is 6.61 Å². The van der Waals surface area contributed by atoms with Crippen LogP contribution in [-0.4, -0.2) is 24.7 Å². The van der Waals surface area contributed by atoms with E-state index in [1.165, 1.54) is 6.21 Å². The van der Waals surface area contributed by atoms with Crippen molar-refractivity contribution in [3.63, 3.8) is 0 Å². The van der Waals surface area contributed by atoms with Crippen LogP contribution in [0.25, 0.3) is 0 Å². The molecule has 0 heterocycles. The van der Waals surface area contributed by atoms with Crippen molar-refractivity contribution in [3.05, 3.63) is 87.6 Å². The zero-order valence-corrected chi connectivity index (χ0v) is 25.3. The maximum atomic E-state index is 12.6. The number of hydrazone groups is 1. The Bertz CT molecular complexity index is 1260. The van der Waals surface area contributed by atoms with Gasteiger partial charge in [-0.15, -0.1) is 0 Å². The average molecular weight is 783 g/mol. The smallest absolute Gasteiger partial charge is 0.343 e. The number of esters is 1. The molecule has 0 aliphatic rings. The van der Waals surface area contributed by atoms with Crippen LogP contribution in [0.5, 0.6) is 11.5 Å². The number of halogens is 5. The van der Waals surface area contributed by atoms with Gasteiger partial charge in [-0.1, -0.05) is 49.6 Å². The van der Waals surface area contributed by atoms with Gasteiger partial charge in [0.2, 0.25) is 0 Å². The summed E-state index contributed by atoms with van der Waals surface area (Å²) in [6.45, 7) is 1.64. The van der Waals surface area contributed by atoms with Gasteiger partial charge in [-0.25, -0.2) is 10.2 Å². The lowest BCUT2D eigenvalue weighted by Gasteiger charge is -2.11. The van der Waals surface area contributed by atoms with E-state index in [1.807, 2.05) is 13.0 Å². The third kappa shape index (κ3) is 7.48. The average Bonchev–Trinajstić information content (AvgIpc) is 2.75. The van der Waals surface area contributed by atoms with Crippen molar-refractivity contribution in [2.24, 2.45) is 5.10 Å². The molecule has 0 saturated carbocycles. The summed E-state index contributed by atoms with van der Waals surface area (Å²) in [7, 11) is 0. The van der Waals surface area contributed by atoms with Gasteiger partial charge in [0.1, 0.15) is 5.75 Å². The minimum atomic E-state index is -0.510. The first kappa shape index (κ1) is 27.1. The van der Waals surface area contributed by atoms with Crippen LogP contribution in [-0.2, 0) is 4.79 Å². The van der Waals surface area contributed by atoms with Crippen molar-refractivity contribution in [1.29, 1.82) is 0 Å². The molecular formula is C23H15Br5N2O4. The third-order valence-corrected chi connectivity index (χ3v) is 6.87. The lowest BCUT2D eigenvalue weighted by atomic mass is 10.1. The number of hydrogen-bond acceptors (Lipinski definition) is 5. The molecule has 6 nitrogen and oxygen atoms in total. The summed E-state index contributed by atoms with van der Waals surface area (Å²) in [5.74, 6) is -0.218. The highest BCUT2D eigenvalue weighted by atomic mass is 79.9. The summed E-state index contributed by atoms with van der Waals surface area (Å²) < 4.78 is 14.7. The SMILES string of the molecule is Cc1cccc(C(=O)Oc2c(Br)cc(Br)cc2/C=N\NC(=O)COc2c(Br)cc(Br)cc2Br)c1. The van der Waals surface area contributed by atoms with Crippen LogP contribution < -0.4 is 14.9 Å². The second-order valence-electron chi connectivity index (χ2n) is 6.85. The van der Waals surface area contributed by atoms with Crippen molar-refractivity contribution in [3.8, 4) is 11.5 Å². The van der Waals surface area contributed by atoms with E-state index in [-0.39, 0.29) is 12.4 Å². The quantitative estimate of drug-likeness (QED) is 0.116. The molecule has 3 rings (SSSR count). The van der Waals surface area contributed by atoms with E-state index in [9.17, 15) is 9.59 Å². The first-order chi connectivity index (χ1) is 16.1. The molecule has 0 radical (unpaired) electrons. The zero-order chi connectivity index (χ0) is 24.8.